The van der Waals surface area contributed by atoms with Gasteiger partial charge in [-0.3, -0.25) is 9.59 Å². The van der Waals surface area contributed by atoms with Crippen molar-refractivity contribution >= 4 is 18.1 Å². The minimum absolute atomic E-state index is 0.136. The van der Waals surface area contributed by atoms with Crippen LogP contribution in [-0.4, -0.2) is 47.5 Å². The number of nitrogens with zero attached hydrogens (tertiary/aromatic N) is 2. The summed E-state index contributed by atoms with van der Waals surface area (Å²) in [4.78, 5) is 23.2. The minimum atomic E-state index is -0.738. The van der Waals surface area contributed by atoms with E-state index in [-0.39, 0.29) is 36.4 Å². The Balaban J connectivity index is 1.50. The second-order valence-electron chi connectivity index (χ2n) is 8.49. The van der Waals surface area contributed by atoms with Crippen LogP contribution in [0.15, 0.2) is 17.3 Å². The number of allylic oxidation sites excluding steroid dienone is 2. The van der Waals surface area contributed by atoms with Gasteiger partial charge in [0.2, 0.25) is 5.91 Å². The summed E-state index contributed by atoms with van der Waals surface area (Å²) in [5.74, 6) is 0.199. The van der Waals surface area contributed by atoms with E-state index in [1.54, 1.807) is 12.1 Å². The molecular formula is C22H34N2O4. The molecule has 2 bridgehead atoms. The fourth-order valence-corrected chi connectivity index (χ4v) is 4.92. The van der Waals surface area contributed by atoms with Crippen LogP contribution in [0.1, 0.15) is 70.6 Å². The molecule has 0 aromatic carbocycles. The lowest BCUT2D eigenvalue weighted by Crippen LogP contribution is -2.32. The Bertz CT molecular complexity index is 597. The number of rotatable bonds is 9. The molecule has 156 valence electrons. The van der Waals surface area contributed by atoms with Crippen molar-refractivity contribution in [2.45, 2.75) is 82.8 Å². The molecule has 2 heterocycles. The number of unbranched alkanes of at least 4 members (excludes halogenated alkanes) is 1. The summed E-state index contributed by atoms with van der Waals surface area (Å²) < 4.78 is 6.11. The molecule has 6 nitrogen and oxygen atoms in total. The second kappa shape index (κ2) is 10.2. The van der Waals surface area contributed by atoms with Gasteiger partial charge in [0.25, 0.3) is 0 Å². The highest BCUT2D eigenvalue weighted by molar-refractivity contribution is 5.79. The first-order valence-electron chi connectivity index (χ1n) is 10.9. The van der Waals surface area contributed by atoms with Crippen molar-refractivity contribution < 1.29 is 19.4 Å². The van der Waals surface area contributed by atoms with Gasteiger partial charge in [0.1, 0.15) is 0 Å². The van der Waals surface area contributed by atoms with Gasteiger partial charge in [-0.25, -0.2) is 5.01 Å². The summed E-state index contributed by atoms with van der Waals surface area (Å²) in [6.45, 7) is 0. The van der Waals surface area contributed by atoms with Crippen LogP contribution < -0.4 is 0 Å². The third-order valence-corrected chi connectivity index (χ3v) is 6.51. The molecule has 0 unspecified atom stereocenters. The Morgan fingerprint density at radius 3 is 2.61 bits per heavy atom. The van der Waals surface area contributed by atoms with Crippen LogP contribution in [-0.2, 0) is 14.3 Å². The Kier molecular flexibility index (Phi) is 7.65. The SMILES string of the molecule is CN(N=C[C@H]1[C@@H](C/C=C\CCCC(=O)O)[C@H]2CC[C@@H]1O2)C(=O)C1CCCCC1. The summed E-state index contributed by atoms with van der Waals surface area (Å²) in [5.41, 5.74) is 0. The van der Waals surface area contributed by atoms with Gasteiger partial charge in [0.15, 0.2) is 0 Å². The Labute approximate surface area is 168 Å². The standard InChI is InChI=1S/C22H34N2O4/c1-24(22(27)16-9-5-4-6-10-16)23-15-18-17(19-13-14-20(18)28-19)11-7-2-3-8-12-21(25)26/h2,7,15-20H,3-6,8-14H2,1H3,(H,25,26)/b7-2-,23-15?/t17-,18+,19-,20+/m1/s1. The molecule has 28 heavy (non-hydrogen) atoms. The zero-order chi connectivity index (χ0) is 19.9. The van der Waals surface area contributed by atoms with Crippen LogP contribution in [0.3, 0.4) is 0 Å². The van der Waals surface area contributed by atoms with Crippen molar-refractivity contribution in [2.24, 2.45) is 22.9 Å². The summed E-state index contributed by atoms with van der Waals surface area (Å²) in [5, 5.41) is 14.8. The quantitative estimate of drug-likeness (QED) is 0.279. The van der Waals surface area contributed by atoms with Gasteiger partial charge in [0.05, 0.1) is 12.2 Å². The van der Waals surface area contributed by atoms with Crippen molar-refractivity contribution in [2.75, 3.05) is 7.05 Å². The summed E-state index contributed by atoms with van der Waals surface area (Å²) >= 11 is 0. The van der Waals surface area contributed by atoms with Crippen LogP contribution in [0.5, 0.6) is 0 Å². The van der Waals surface area contributed by atoms with Crippen LogP contribution in [0.2, 0.25) is 0 Å². The molecule has 0 spiro atoms. The van der Waals surface area contributed by atoms with Gasteiger partial charge >= 0.3 is 5.97 Å². The van der Waals surface area contributed by atoms with E-state index < -0.39 is 5.97 Å². The Morgan fingerprint density at radius 1 is 1.11 bits per heavy atom. The number of ether oxygens (including phenoxy) is 1. The average molecular weight is 391 g/mol. The fraction of sp³-hybridized carbons (Fsp3) is 0.773. The predicted octanol–water partition coefficient (Wildman–Crippen LogP) is 4.01. The topological polar surface area (TPSA) is 79.2 Å². The molecule has 0 aromatic rings. The normalized spacial score (nSPS) is 30.5. The van der Waals surface area contributed by atoms with Gasteiger partial charge in [-0.2, -0.15) is 5.10 Å². The maximum absolute atomic E-state index is 12.6. The van der Waals surface area contributed by atoms with Gasteiger partial charge in [0, 0.05) is 31.5 Å². The molecule has 1 saturated carbocycles. The molecule has 2 aliphatic heterocycles. The van der Waals surface area contributed by atoms with E-state index >= 15 is 0 Å². The first-order chi connectivity index (χ1) is 13.6. The zero-order valence-corrected chi connectivity index (χ0v) is 17.0. The number of aliphatic carboxylic acids is 1. The fourth-order valence-electron chi connectivity index (χ4n) is 4.92. The maximum atomic E-state index is 12.6. The van der Waals surface area contributed by atoms with Crippen LogP contribution in [0.4, 0.5) is 0 Å². The first kappa shape index (κ1) is 21.0. The van der Waals surface area contributed by atoms with E-state index in [0.29, 0.717) is 12.3 Å². The zero-order valence-electron chi connectivity index (χ0n) is 17.0. The molecule has 1 amide bonds. The first-order valence-corrected chi connectivity index (χ1v) is 10.9. The minimum Gasteiger partial charge on any atom is -0.481 e. The number of carbonyl (C=O) groups is 2. The van der Waals surface area contributed by atoms with Crippen LogP contribution in [0, 0.1) is 17.8 Å². The van der Waals surface area contributed by atoms with Crippen molar-refractivity contribution in [3.8, 4) is 0 Å². The van der Waals surface area contributed by atoms with Gasteiger partial charge in [-0.1, -0.05) is 31.4 Å². The summed E-state index contributed by atoms with van der Waals surface area (Å²) in [6.07, 6.45) is 17.0. The predicted molar refractivity (Wildman–Crippen MR) is 108 cm³/mol. The molecular weight excluding hydrogens is 356 g/mol. The molecule has 1 N–H and O–H groups in total. The molecule has 4 atom stereocenters. The summed E-state index contributed by atoms with van der Waals surface area (Å²) in [7, 11) is 1.78. The monoisotopic (exact) mass is 390 g/mol. The van der Waals surface area contributed by atoms with Crippen LogP contribution >= 0.6 is 0 Å². The Hall–Kier alpha value is -1.69. The molecule has 0 radical (unpaired) electrons. The molecule has 3 aliphatic rings. The number of hydrogen-bond acceptors (Lipinski definition) is 4. The highest BCUT2D eigenvalue weighted by Crippen LogP contribution is 2.44. The van der Waals surface area contributed by atoms with Crippen molar-refractivity contribution in [3.05, 3.63) is 12.2 Å². The second-order valence-corrected chi connectivity index (χ2v) is 8.49. The van der Waals surface area contributed by atoms with Crippen molar-refractivity contribution in [1.29, 1.82) is 0 Å². The largest absolute Gasteiger partial charge is 0.481 e. The smallest absolute Gasteiger partial charge is 0.303 e. The number of fused-ring (bicyclic) bond motifs is 2. The Morgan fingerprint density at radius 2 is 1.86 bits per heavy atom. The van der Waals surface area contributed by atoms with E-state index in [4.69, 9.17) is 9.84 Å². The molecule has 2 saturated heterocycles. The highest BCUT2D eigenvalue weighted by atomic mass is 16.5. The van der Waals surface area contributed by atoms with E-state index in [9.17, 15) is 9.59 Å². The lowest BCUT2D eigenvalue weighted by Gasteiger charge is -2.26. The number of carbonyl (C=O) groups excluding carboxylic acids is 1. The molecule has 1 aliphatic carbocycles. The number of hydrazone groups is 1. The number of carboxylic acids is 1. The van der Waals surface area contributed by atoms with Gasteiger partial charge in [-0.15, -0.1) is 0 Å². The lowest BCUT2D eigenvalue weighted by atomic mass is 9.78. The molecule has 6 heteroatoms. The molecule has 3 rings (SSSR count). The molecule has 0 aromatic heterocycles. The van der Waals surface area contributed by atoms with Crippen molar-refractivity contribution in [1.82, 2.24) is 5.01 Å². The third-order valence-electron chi connectivity index (χ3n) is 6.51. The van der Waals surface area contributed by atoms with Crippen LogP contribution in [0.25, 0.3) is 0 Å². The van der Waals surface area contributed by atoms with Crippen molar-refractivity contribution in [3.63, 3.8) is 0 Å². The molecule has 3 fully saturated rings. The number of hydrogen-bond donors (Lipinski definition) is 1. The van der Waals surface area contributed by atoms with E-state index in [1.807, 2.05) is 6.21 Å². The van der Waals surface area contributed by atoms with Gasteiger partial charge < -0.3 is 9.84 Å². The highest BCUT2D eigenvalue weighted by Gasteiger charge is 2.47. The maximum Gasteiger partial charge on any atom is 0.303 e. The average Bonchev–Trinajstić information content (AvgIpc) is 3.30. The number of carboxylic acid groups (broad SMARTS) is 1. The van der Waals surface area contributed by atoms with Gasteiger partial charge in [-0.05, 0) is 50.9 Å². The van der Waals surface area contributed by atoms with E-state index in [2.05, 4.69) is 17.3 Å². The third kappa shape index (κ3) is 5.43. The lowest BCUT2D eigenvalue weighted by molar-refractivity contribution is -0.137. The number of amides is 1. The summed E-state index contributed by atoms with van der Waals surface area (Å²) in [6, 6.07) is 0. The van der Waals surface area contributed by atoms with E-state index in [0.717, 1.165) is 51.4 Å². The van der Waals surface area contributed by atoms with E-state index in [1.165, 1.54) is 6.42 Å².